The average molecular weight is 567 g/mol. The molecule has 1 amide bonds. The maximum atomic E-state index is 12.6. The predicted molar refractivity (Wildman–Crippen MR) is 135 cm³/mol. The third-order valence-corrected chi connectivity index (χ3v) is 7.68. The van der Waals surface area contributed by atoms with Crippen LogP contribution in [0, 0.1) is 20.8 Å². The normalized spacial score (nSPS) is 24.1. The fraction of sp³-hybridized carbons (Fsp3) is 0.440. The number of carbonyl (C=O) groups excluding carboxylic acids is 1. The lowest BCUT2D eigenvalue weighted by Gasteiger charge is -2.15. The summed E-state index contributed by atoms with van der Waals surface area (Å²) in [5.41, 5.74) is 4.80. The summed E-state index contributed by atoms with van der Waals surface area (Å²) in [6.07, 6.45) is 6.43. The number of hydrogen-bond donors (Lipinski definition) is 1. The van der Waals surface area contributed by atoms with E-state index in [4.69, 9.17) is 21.1 Å². The lowest BCUT2D eigenvalue weighted by atomic mass is 9.90. The largest absolute Gasteiger partial charge is 0.490 e. The molecule has 7 heteroatoms. The minimum Gasteiger partial charge on any atom is -0.490 e. The Morgan fingerprint density at radius 1 is 1.28 bits per heavy atom. The number of nitrogens with one attached hydrogen (secondary N) is 1. The number of ether oxygens (including phenoxy) is 2. The molecular formula is C25H28ClIN2O3. The Bertz CT molecular complexity index is 1010. The molecule has 2 aromatic carbocycles. The molecule has 2 fully saturated rings. The molecule has 170 valence electrons. The fourth-order valence-electron chi connectivity index (χ4n) is 4.89. The molecule has 0 aliphatic heterocycles. The van der Waals surface area contributed by atoms with Gasteiger partial charge in [0, 0.05) is 10.9 Å². The van der Waals surface area contributed by atoms with E-state index in [-0.39, 0.29) is 17.2 Å². The fourth-order valence-corrected chi connectivity index (χ4v) is 5.80. The SMILES string of the molecule is CCOc1cc(/C=N\NC(=O)[C@@H]2[C@@H]3CCCC[C@@]23C)cc(I)c1OCc1ccc(Cl)cc1. The van der Waals surface area contributed by atoms with Crippen LogP contribution >= 0.6 is 34.2 Å². The second-order valence-electron chi connectivity index (χ2n) is 8.75. The summed E-state index contributed by atoms with van der Waals surface area (Å²) >= 11 is 8.19. The van der Waals surface area contributed by atoms with Crippen LogP contribution in [0.1, 0.15) is 50.7 Å². The van der Waals surface area contributed by atoms with Gasteiger partial charge in [0.25, 0.3) is 0 Å². The summed E-state index contributed by atoms with van der Waals surface area (Å²) in [5.74, 6) is 2.01. The van der Waals surface area contributed by atoms with Crippen molar-refractivity contribution in [3.63, 3.8) is 0 Å². The van der Waals surface area contributed by atoms with Crippen molar-refractivity contribution in [3.05, 3.63) is 56.1 Å². The van der Waals surface area contributed by atoms with E-state index in [2.05, 4.69) is 40.0 Å². The number of nitrogens with zero attached hydrogens (tertiary/aromatic N) is 1. The minimum atomic E-state index is 0.0401. The highest BCUT2D eigenvalue weighted by atomic mass is 127. The van der Waals surface area contributed by atoms with E-state index >= 15 is 0 Å². The van der Waals surface area contributed by atoms with Gasteiger partial charge in [-0.15, -0.1) is 0 Å². The molecule has 32 heavy (non-hydrogen) atoms. The second kappa shape index (κ2) is 10.00. The Hall–Kier alpha value is -1.80. The summed E-state index contributed by atoms with van der Waals surface area (Å²) in [5, 5.41) is 4.93. The number of hydrazone groups is 1. The highest BCUT2D eigenvalue weighted by molar-refractivity contribution is 14.1. The molecule has 2 aliphatic carbocycles. The lowest BCUT2D eigenvalue weighted by Crippen LogP contribution is -2.22. The molecular weight excluding hydrogens is 539 g/mol. The first-order chi connectivity index (χ1) is 15.4. The van der Waals surface area contributed by atoms with E-state index in [1.54, 1.807) is 6.21 Å². The number of fused-ring (bicyclic) bond motifs is 1. The first-order valence-electron chi connectivity index (χ1n) is 11.1. The van der Waals surface area contributed by atoms with Gasteiger partial charge in [-0.05, 0) is 89.1 Å². The first-order valence-corrected chi connectivity index (χ1v) is 12.5. The number of amides is 1. The summed E-state index contributed by atoms with van der Waals surface area (Å²) < 4.78 is 12.8. The zero-order valence-electron chi connectivity index (χ0n) is 18.4. The van der Waals surface area contributed by atoms with Gasteiger partial charge in [0.15, 0.2) is 11.5 Å². The van der Waals surface area contributed by atoms with Crippen molar-refractivity contribution in [1.29, 1.82) is 0 Å². The molecule has 3 atom stereocenters. The second-order valence-corrected chi connectivity index (χ2v) is 10.3. The van der Waals surface area contributed by atoms with Gasteiger partial charge >= 0.3 is 0 Å². The van der Waals surface area contributed by atoms with E-state index in [1.165, 1.54) is 12.8 Å². The molecule has 0 heterocycles. The standard InChI is InChI=1S/C25H28ClIN2O3/c1-3-31-21-13-17(12-20(27)23(21)32-15-16-7-9-18(26)10-8-16)14-28-29-24(30)22-19-6-4-5-11-25(19,22)2/h7-10,12-14,19,22H,3-6,11,15H2,1-2H3,(H,29,30)/b28-14-/t19-,22-,25+/m0/s1. The zero-order valence-corrected chi connectivity index (χ0v) is 21.3. The molecule has 0 unspecified atom stereocenters. The van der Waals surface area contributed by atoms with Crippen LogP contribution in [-0.2, 0) is 11.4 Å². The summed E-state index contributed by atoms with van der Waals surface area (Å²) in [7, 11) is 0. The summed E-state index contributed by atoms with van der Waals surface area (Å²) in [6.45, 7) is 5.11. The van der Waals surface area contributed by atoms with Crippen LogP contribution in [0.2, 0.25) is 5.02 Å². The maximum absolute atomic E-state index is 12.6. The first kappa shape index (κ1) is 23.4. The highest BCUT2D eigenvalue weighted by Crippen LogP contribution is 2.66. The minimum absolute atomic E-state index is 0.0401. The van der Waals surface area contributed by atoms with Gasteiger partial charge < -0.3 is 9.47 Å². The maximum Gasteiger partial charge on any atom is 0.244 e. The van der Waals surface area contributed by atoms with E-state index in [1.807, 2.05) is 43.3 Å². The van der Waals surface area contributed by atoms with Crippen LogP contribution in [0.15, 0.2) is 41.5 Å². The molecule has 0 spiro atoms. The Morgan fingerprint density at radius 3 is 2.75 bits per heavy atom. The number of benzene rings is 2. The van der Waals surface area contributed by atoms with Crippen LogP contribution in [0.5, 0.6) is 11.5 Å². The predicted octanol–water partition coefficient (Wildman–Crippen LogP) is 6.20. The Balaban J connectivity index is 1.41. The Labute approximate surface area is 208 Å². The van der Waals surface area contributed by atoms with Gasteiger partial charge in [-0.3, -0.25) is 4.79 Å². The van der Waals surface area contributed by atoms with Crippen molar-refractivity contribution in [2.24, 2.45) is 22.4 Å². The third kappa shape index (κ3) is 5.06. The van der Waals surface area contributed by atoms with Gasteiger partial charge in [0.2, 0.25) is 5.91 Å². The Kier molecular flexibility index (Phi) is 7.30. The smallest absolute Gasteiger partial charge is 0.244 e. The molecule has 4 rings (SSSR count). The van der Waals surface area contributed by atoms with Crippen molar-refractivity contribution >= 4 is 46.3 Å². The number of carbonyl (C=O) groups is 1. The van der Waals surface area contributed by atoms with Crippen LogP contribution in [0.3, 0.4) is 0 Å². The molecule has 0 saturated heterocycles. The lowest BCUT2D eigenvalue weighted by molar-refractivity contribution is -0.123. The topological polar surface area (TPSA) is 59.9 Å². The van der Waals surface area contributed by atoms with Gasteiger partial charge in [-0.2, -0.15) is 5.10 Å². The van der Waals surface area contributed by atoms with Crippen molar-refractivity contribution in [2.75, 3.05) is 6.61 Å². The van der Waals surface area contributed by atoms with Crippen LogP contribution in [0.4, 0.5) is 0 Å². The molecule has 2 aromatic rings. The van der Waals surface area contributed by atoms with Gasteiger partial charge in [-0.25, -0.2) is 5.43 Å². The average Bonchev–Trinajstić information content (AvgIpc) is 3.40. The van der Waals surface area contributed by atoms with Crippen molar-refractivity contribution in [3.8, 4) is 11.5 Å². The van der Waals surface area contributed by atoms with Gasteiger partial charge in [0.1, 0.15) is 6.61 Å². The van der Waals surface area contributed by atoms with Crippen molar-refractivity contribution in [1.82, 2.24) is 5.43 Å². The van der Waals surface area contributed by atoms with E-state index in [0.29, 0.717) is 35.7 Å². The molecule has 5 nitrogen and oxygen atoms in total. The molecule has 2 saturated carbocycles. The molecule has 0 aromatic heterocycles. The van der Waals surface area contributed by atoms with E-state index < -0.39 is 0 Å². The van der Waals surface area contributed by atoms with Gasteiger partial charge in [-0.1, -0.05) is 43.5 Å². The molecule has 0 bridgehead atoms. The third-order valence-electron chi connectivity index (χ3n) is 6.63. The van der Waals surface area contributed by atoms with Gasteiger partial charge in [0.05, 0.1) is 16.4 Å². The highest BCUT2D eigenvalue weighted by Gasteiger charge is 2.64. The van der Waals surface area contributed by atoms with Crippen LogP contribution < -0.4 is 14.9 Å². The molecule has 0 radical (unpaired) electrons. The van der Waals surface area contributed by atoms with Crippen molar-refractivity contribution < 1.29 is 14.3 Å². The number of rotatable bonds is 8. The van der Waals surface area contributed by atoms with Crippen LogP contribution in [0.25, 0.3) is 0 Å². The zero-order chi connectivity index (χ0) is 22.7. The summed E-state index contributed by atoms with van der Waals surface area (Å²) in [4.78, 5) is 12.6. The quantitative estimate of drug-likeness (QED) is 0.235. The van der Waals surface area contributed by atoms with E-state index in [9.17, 15) is 4.79 Å². The molecule has 2 aliphatic rings. The Morgan fingerprint density at radius 2 is 2.06 bits per heavy atom. The van der Waals surface area contributed by atoms with E-state index in [0.717, 1.165) is 27.5 Å². The number of hydrogen-bond acceptors (Lipinski definition) is 4. The van der Waals surface area contributed by atoms with Crippen LogP contribution in [-0.4, -0.2) is 18.7 Å². The monoisotopic (exact) mass is 566 g/mol. The molecule has 1 N–H and O–H groups in total. The van der Waals surface area contributed by atoms with Crippen molar-refractivity contribution in [2.45, 2.75) is 46.1 Å². The summed E-state index contributed by atoms with van der Waals surface area (Å²) in [6, 6.07) is 11.4. The number of halogens is 2.